The molecule has 4 aliphatic rings. The van der Waals surface area contributed by atoms with Crippen LogP contribution in [-0.4, -0.2) is 49.6 Å². The van der Waals surface area contributed by atoms with E-state index in [9.17, 15) is 4.79 Å². The van der Waals surface area contributed by atoms with Gasteiger partial charge < -0.3 is 15.5 Å². The minimum Gasteiger partial charge on any atom is -0.350 e. The van der Waals surface area contributed by atoms with E-state index in [1.165, 1.54) is 6.42 Å². The van der Waals surface area contributed by atoms with Gasteiger partial charge in [-0.25, -0.2) is 0 Å². The van der Waals surface area contributed by atoms with Crippen molar-refractivity contribution in [3.63, 3.8) is 0 Å². The molecule has 0 spiro atoms. The molecule has 4 nitrogen and oxygen atoms in total. The van der Waals surface area contributed by atoms with Gasteiger partial charge in [0.15, 0.2) is 0 Å². The minimum absolute atomic E-state index is 0.279. The summed E-state index contributed by atoms with van der Waals surface area (Å²) in [5.74, 6) is 1.19. The van der Waals surface area contributed by atoms with Crippen molar-refractivity contribution < 1.29 is 4.79 Å². The van der Waals surface area contributed by atoms with E-state index in [0.717, 1.165) is 19.6 Å². The number of fused-ring (bicyclic) bond motifs is 1. The maximum Gasteiger partial charge on any atom is 0.225 e. The minimum atomic E-state index is 0.279. The van der Waals surface area contributed by atoms with Crippen LogP contribution in [0.3, 0.4) is 0 Å². The van der Waals surface area contributed by atoms with Crippen molar-refractivity contribution in [3.05, 3.63) is 0 Å². The predicted molar refractivity (Wildman–Crippen MR) is 52.8 cm³/mol. The molecule has 0 radical (unpaired) electrons. The Labute approximate surface area is 84.0 Å². The average molecular weight is 195 g/mol. The van der Waals surface area contributed by atoms with Gasteiger partial charge in [-0.1, -0.05) is 0 Å². The van der Waals surface area contributed by atoms with Gasteiger partial charge >= 0.3 is 0 Å². The summed E-state index contributed by atoms with van der Waals surface area (Å²) in [5.41, 5.74) is 0. The third-order valence-electron chi connectivity index (χ3n) is 3.85. The molecule has 1 saturated carbocycles. The van der Waals surface area contributed by atoms with Gasteiger partial charge in [0, 0.05) is 19.1 Å². The third kappa shape index (κ3) is 1.17. The van der Waals surface area contributed by atoms with E-state index >= 15 is 0 Å². The monoisotopic (exact) mass is 195 g/mol. The number of nitrogens with one attached hydrogen (secondary N) is 2. The lowest BCUT2D eigenvalue weighted by molar-refractivity contribution is -0.131. The maximum atomic E-state index is 11.8. The number of carbonyl (C=O) groups is 1. The van der Waals surface area contributed by atoms with Crippen LogP contribution in [0.1, 0.15) is 6.42 Å². The van der Waals surface area contributed by atoms with Crippen molar-refractivity contribution in [1.29, 1.82) is 0 Å². The number of amides is 1. The molecule has 3 heterocycles. The van der Waals surface area contributed by atoms with Gasteiger partial charge in [-0.2, -0.15) is 0 Å². The average Bonchev–Trinajstić information content (AvgIpc) is 2.60. The zero-order valence-electron chi connectivity index (χ0n) is 8.49. The van der Waals surface area contributed by atoms with Crippen LogP contribution >= 0.6 is 0 Å². The fourth-order valence-electron chi connectivity index (χ4n) is 2.96. The van der Waals surface area contributed by atoms with Crippen molar-refractivity contribution in [2.24, 2.45) is 11.8 Å². The number of hydrogen-bond donors (Lipinski definition) is 2. The van der Waals surface area contributed by atoms with Crippen LogP contribution in [0, 0.1) is 11.8 Å². The summed E-state index contributed by atoms with van der Waals surface area (Å²) >= 11 is 0. The van der Waals surface area contributed by atoms with Crippen molar-refractivity contribution in [1.82, 2.24) is 15.5 Å². The molecule has 2 bridgehead atoms. The fourth-order valence-corrected chi connectivity index (χ4v) is 2.96. The number of hydrogen-bond acceptors (Lipinski definition) is 3. The van der Waals surface area contributed by atoms with Gasteiger partial charge in [-0.15, -0.1) is 0 Å². The number of likely N-dealkylation sites (tertiary alicyclic amines) is 1. The molecule has 0 aromatic carbocycles. The van der Waals surface area contributed by atoms with Gasteiger partial charge in [0.2, 0.25) is 5.91 Å². The first-order valence-corrected chi connectivity index (χ1v) is 5.46. The first-order valence-electron chi connectivity index (χ1n) is 5.46. The molecule has 78 valence electrons. The lowest BCUT2D eigenvalue weighted by Gasteiger charge is -2.40. The highest BCUT2D eigenvalue weighted by Gasteiger charge is 2.51. The largest absolute Gasteiger partial charge is 0.350 e. The topological polar surface area (TPSA) is 44.4 Å². The van der Waals surface area contributed by atoms with Gasteiger partial charge in [0.1, 0.15) is 0 Å². The predicted octanol–water partition coefficient (Wildman–Crippen LogP) is -0.975. The number of rotatable bonds is 2. The van der Waals surface area contributed by atoms with Crippen LogP contribution < -0.4 is 10.6 Å². The quantitative estimate of drug-likeness (QED) is 0.595. The van der Waals surface area contributed by atoms with Crippen molar-refractivity contribution in [3.8, 4) is 0 Å². The van der Waals surface area contributed by atoms with Crippen LogP contribution in [0.4, 0.5) is 0 Å². The number of nitrogens with zero attached hydrogens (tertiary/aromatic N) is 1. The standard InChI is InChI=1S/C10H17N3O/c1-13-4-7(5-13)12-10(14)9-6-2-8(9)11-3-6/h6-9,11H,2-5H2,1H3,(H,12,14). The highest BCUT2D eigenvalue weighted by molar-refractivity contribution is 5.81. The van der Waals surface area contributed by atoms with Crippen LogP contribution in [0.15, 0.2) is 0 Å². The van der Waals surface area contributed by atoms with Crippen molar-refractivity contribution in [2.45, 2.75) is 18.5 Å². The highest BCUT2D eigenvalue weighted by Crippen LogP contribution is 2.40. The second kappa shape index (κ2) is 2.94. The molecule has 14 heavy (non-hydrogen) atoms. The molecule has 3 unspecified atom stereocenters. The van der Waals surface area contributed by atoms with Gasteiger partial charge in [-0.3, -0.25) is 4.79 Å². The lowest BCUT2D eigenvalue weighted by Crippen LogP contribution is -2.60. The highest BCUT2D eigenvalue weighted by atomic mass is 16.2. The summed E-state index contributed by atoms with van der Waals surface area (Å²) in [5, 5.41) is 6.50. The van der Waals surface area contributed by atoms with Gasteiger partial charge in [0.05, 0.1) is 12.0 Å². The Balaban J connectivity index is 1.52. The molecule has 0 aromatic rings. The molecule has 4 heteroatoms. The van der Waals surface area contributed by atoms with Gasteiger partial charge in [0.25, 0.3) is 0 Å². The molecule has 4 rings (SSSR count). The van der Waals surface area contributed by atoms with Crippen molar-refractivity contribution in [2.75, 3.05) is 26.7 Å². The second-order valence-corrected chi connectivity index (χ2v) is 4.96. The Morgan fingerprint density at radius 3 is 2.79 bits per heavy atom. The van der Waals surface area contributed by atoms with Crippen LogP contribution in [0.25, 0.3) is 0 Å². The van der Waals surface area contributed by atoms with E-state index in [1.54, 1.807) is 0 Å². The third-order valence-corrected chi connectivity index (χ3v) is 3.85. The van der Waals surface area contributed by atoms with Gasteiger partial charge in [-0.05, 0) is 25.9 Å². The summed E-state index contributed by atoms with van der Waals surface area (Å²) in [6.07, 6.45) is 1.21. The zero-order valence-corrected chi connectivity index (χ0v) is 8.49. The Kier molecular flexibility index (Phi) is 1.82. The Bertz CT molecular complexity index is 248. The molecule has 0 aromatic heterocycles. The van der Waals surface area contributed by atoms with Crippen molar-refractivity contribution >= 4 is 5.91 Å². The van der Waals surface area contributed by atoms with Crippen LogP contribution in [-0.2, 0) is 4.79 Å². The Morgan fingerprint density at radius 1 is 1.50 bits per heavy atom. The zero-order chi connectivity index (χ0) is 9.71. The Morgan fingerprint density at radius 2 is 2.29 bits per heavy atom. The molecule has 1 amide bonds. The summed E-state index contributed by atoms with van der Waals surface area (Å²) in [7, 11) is 2.08. The molecule has 3 saturated heterocycles. The van der Waals surface area contributed by atoms with E-state index in [4.69, 9.17) is 0 Å². The Hall–Kier alpha value is -0.610. The van der Waals surface area contributed by atoms with E-state index in [2.05, 4.69) is 22.6 Å². The van der Waals surface area contributed by atoms with E-state index < -0.39 is 0 Å². The summed E-state index contributed by atoms with van der Waals surface area (Å²) in [6.45, 7) is 3.08. The lowest BCUT2D eigenvalue weighted by atomic mass is 9.73. The number of carbonyl (C=O) groups excluding carboxylic acids is 1. The van der Waals surface area contributed by atoms with E-state index in [0.29, 0.717) is 18.0 Å². The first kappa shape index (κ1) is 8.68. The van der Waals surface area contributed by atoms with Crippen LogP contribution in [0.5, 0.6) is 0 Å². The summed E-state index contributed by atoms with van der Waals surface area (Å²) in [6, 6.07) is 0.894. The molecule has 2 N–H and O–H groups in total. The molecule has 3 atom stereocenters. The smallest absolute Gasteiger partial charge is 0.225 e. The molecule has 3 aliphatic heterocycles. The SMILES string of the molecule is CN1CC(NC(=O)C2C3CNC2C3)C1. The van der Waals surface area contributed by atoms with Crippen LogP contribution in [0.2, 0.25) is 0 Å². The maximum absolute atomic E-state index is 11.8. The summed E-state index contributed by atoms with van der Waals surface area (Å²) < 4.78 is 0. The molecular weight excluding hydrogens is 178 g/mol. The molecule has 1 aliphatic carbocycles. The second-order valence-electron chi connectivity index (χ2n) is 4.96. The first-order chi connectivity index (χ1) is 6.74. The van der Waals surface area contributed by atoms with E-state index in [-0.39, 0.29) is 11.8 Å². The fraction of sp³-hybridized carbons (Fsp3) is 0.900. The summed E-state index contributed by atoms with van der Waals surface area (Å²) in [4.78, 5) is 14.0. The van der Waals surface area contributed by atoms with E-state index in [1.807, 2.05) is 0 Å². The molecular formula is C10H17N3O. The molecule has 4 fully saturated rings. The normalized spacial score (nSPS) is 41.6. The number of likely N-dealkylation sites (N-methyl/N-ethyl adjacent to an activating group) is 1.